The minimum absolute atomic E-state index is 0.0512. The van der Waals surface area contributed by atoms with E-state index in [1.54, 1.807) is 47.3 Å². The Hall–Kier alpha value is -3.15. The molecule has 23 heavy (non-hydrogen) atoms. The summed E-state index contributed by atoms with van der Waals surface area (Å²) in [6, 6.07) is 12.0. The highest BCUT2D eigenvalue weighted by atomic mass is 16.5. The van der Waals surface area contributed by atoms with E-state index >= 15 is 0 Å². The number of hydrogen-bond donors (Lipinski definition) is 2. The lowest BCUT2D eigenvalue weighted by Crippen LogP contribution is -1.98. The van der Waals surface area contributed by atoms with Crippen LogP contribution in [0.3, 0.4) is 0 Å². The van der Waals surface area contributed by atoms with E-state index in [1.165, 1.54) is 14.2 Å². The second kappa shape index (κ2) is 5.92. The number of ether oxygens (including phenoxy) is 2. The Labute approximate surface area is 133 Å². The van der Waals surface area contributed by atoms with Crippen LogP contribution in [0.15, 0.2) is 48.7 Å². The lowest BCUT2D eigenvalue weighted by molar-refractivity contribution is 0.339. The summed E-state index contributed by atoms with van der Waals surface area (Å²) >= 11 is 0. The topological polar surface area (TPSA) is 76.7 Å². The van der Waals surface area contributed by atoms with E-state index in [0.717, 1.165) is 11.3 Å². The number of nitrogens with zero attached hydrogens (tertiary/aromatic N) is 2. The molecule has 0 spiro atoms. The number of aromatic hydroxyl groups is 2. The van der Waals surface area contributed by atoms with Gasteiger partial charge < -0.3 is 19.7 Å². The van der Waals surface area contributed by atoms with Gasteiger partial charge in [-0.1, -0.05) is 0 Å². The van der Waals surface area contributed by atoms with Crippen LogP contribution in [0, 0.1) is 0 Å². The summed E-state index contributed by atoms with van der Waals surface area (Å²) in [5.41, 5.74) is 2.34. The molecule has 0 aliphatic heterocycles. The normalized spacial score (nSPS) is 10.5. The highest BCUT2D eigenvalue weighted by Crippen LogP contribution is 2.38. The molecule has 0 aliphatic carbocycles. The zero-order valence-corrected chi connectivity index (χ0v) is 12.7. The number of rotatable bonds is 4. The molecule has 6 nitrogen and oxygen atoms in total. The molecule has 0 radical (unpaired) electrons. The molecule has 0 atom stereocenters. The van der Waals surface area contributed by atoms with Crippen LogP contribution in [-0.4, -0.2) is 34.2 Å². The van der Waals surface area contributed by atoms with Crippen LogP contribution in [0.25, 0.3) is 16.9 Å². The predicted molar refractivity (Wildman–Crippen MR) is 85.4 cm³/mol. The largest absolute Gasteiger partial charge is 0.508 e. The minimum atomic E-state index is -0.0512. The number of methoxy groups -OCH3 is 2. The number of phenolic OH excluding ortho intramolecular Hbond substituents is 2. The third kappa shape index (κ3) is 2.78. The molecule has 1 aromatic heterocycles. The lowest BCUT2D eigenvalue weighted by atomic mass is 10.1. The molecule has 0 saturated carbocycles. The minimum Gasteiger partial charge on any atom is -0.508 e. The Morgan fingerprint density at radius 3 is 2.09 bits per heavy atom. The van der Waals surface area contributed by atoms with E-state index in [-0.39, 0.29) is 11.5 Å². The van der Waals surface area contributed by atoms with Crippen LogP contribution >= 0.6 is 0 Å². The van der Waals surface area contributed by atoms with Crippen LogP contribution in [0.4, 0.5) is 0 Å². The van der Waals surface area contributed by atoms with Crippen LogP contribution in [0.2, 0.25) is 0 Å². The standard InChI is InChI=1S/C17H16N2O4/c1-22-15-9-12(10-16(23-2)17(15)21)19-8-7-14(18-19)11-3-5-13(20)6-4-11/h3-10,20-21H,1-2H3. The quantitative estimate of drug-likeness (QED) is 0.774. The van der Waals surface area contributed by atoms with Crippen molar-refractivity contribution < 1.29 is 19.7 Å². The number of aromatic nitrogens is 2. The van der Waals surface area contributed by atoms with Crippen molar-refractivity contribution in [1.29, 1.82) is 0 Å². The monoisotopic (exact) mass is 312 g/mol. The number of benzene rings is 2. The molecule has 0 amide bonds. The van der Waals surface area contributed by atoms with E-state index in [0.29, 0.717) is 17.2 Å². The highest BCUT2D eigenvalue weighted by Gasteiger charge is 2.13. The summed E-state index contributed by atoms with van der Waals surface area (Å²) in [5, 5.41) is 23.8. The second-order valence-electron chi connectivity index (χ2n) is 4.89. The van der Waals surface area contributed by atoms with Crippen LogP contribution in [0.5, 0.6) is 23.0 Å². The first-order valence-electron chi connectivity index (χ1n) is 6.93. The Morgan fingerprint density at radius 2 is 1.52 bits per heavy atom. The van der Waals surface area contributed by atoms with E-state index in [1.807, 2.05) is 6.07 Å². The maximum atomic E-state index is 9.97. The average Bonchev–Trinajstić information content (AvgIpc) is 3.05. The fourth-order valence-electron chi connectivity index (χ4n) is 2.27. The van der Waals surface area contributed by atoms with Crippen LogP contribution in [-0.2, 0) is 0 Å². The molecule has 2 N–H and O–H groups in total. The molecule has 0 aliphatic rings. The number of phenols is 2. The van der Waals surface area contributed by atoms with Gasteiger partial charge in [0.1, 0.15) is 5.75 Å². The van der Waals surface area contributed by atoms with Crippen molar-refractivity contribution in [3.63, 3.8) is 0 Å². The Morgan fingerprint density at radius 1 is 0.913 bits per heavy atom. The van der Waals surface area contributed by atoms with Crippen molar-refractivity contribution >= 4 is 0 Å². The molecule has 0 bridgehead atoms. The molecule has 3 aromatic rings. The lowest BCUT2D eigenvalue weighted by Gasteiger charge is -2.11. The molecule has 2 aromatic carbocycles. The first kappa shape index (κ1) is 14.8. The summed E-state index contributed by atoms with van der Waals surface area (Å²) in [6.45, 7) is 0. The molecule has 3 rings (SSSR count). The first-order chi connectivity index (χ1) is 11.1. The van der Waals surface area contributed by atoms with Crippen molar-refractivity contribution in [2.75, 3.05) is 14.2 Å². The SMILES string of the molecule is COc1cc(-n2ccc(-c3ccc(O)cc3)n2)cc(OC)c1O. The van der Waals surface area contributed by atoms with Gasteiger partial charge in [-0.15, -0.1) is 0 Å². The molecular formula is C17H16N2O4. The third-order valence-corrected chi connectivity index (χ3v) is 3.48. The summed E-state index contributed by atoms with van der Waals surface area (Å²) in [5.74, 6) is 0.771. The maximum absolute atomic E-state index is 9.97. The fourth-order valence-corrected chi connectivity index (χ4v) is 2.27. The maximum Gasteiger partial charge on any atom is 0.200 e. The number of hydrogen-bond acceptors (Lipinski definition) is 5. The summed E-state index contributed by atoms with van der Waals surface area (Å²) in [7, 11) is 2.95. The van der Waals surface area contributed by atoms with Gasteiger partial charge in [0, 0.05) is 23.9 Å². The van der Waals surface area contributed by atoms with E-state index < -0.39 is 0 Å². The van der Waals surface area contributed by atoms with Gasteiger partial charge in [0.25, 0.3) is 0 Å². The van der Waals surface area contributed by atoms with Gasteiger partial charge in [0.2, 0.25) is 5.75 Å². The molecule has 118 valence electrons. The van der Waals surface area contributed by atoms with Gasteiger partial charge in [0.05, 0.1) is 25.6 Å². The van der Waals surface area contributed by atoms with Gasteiger partial charge >= 0.3 is 0 Å². The van der Waals surface area contributed by atoms with Crippen LogP contribution in [0.1, 0.15) is 0 Å². The molecular weight excluding hydrogens is 296 g/mol. The van der Waals surface area contributed by atoms with Gasteiger partial charge in [-0.2, -0.15) is 5.10 Å². The van der Waals surface area contributed by atoms with Crippen molar-refractivity contribution in [2.45, 2.75) is 0 Å². The van der Waals surface area contributed by atoms with Crippen LogP contribution < -0.4 is 9.47 Å². The van der Waals surface area contributed by atoms with E-state index in [2.05, 4.69) is 5.10 Å². The van der Waals surface area contributed by atoms with Crippen molar-refractivity contribution in [1.82, 2.24) is 9.78 Å². The van der Waals surface area contributed by atoms with Gasteiger partial charge in [-0.3, -0.25) is 0 Å². The second-order valence-corrected chi connectivity index (χ2v) is 4.89. The Kier molecular flexibility index (Phi) is 3.80. The molecule has 0 fully saturated rings. The third-order valence-electron chi connectivity index (χ3n) is 3.48. The summed E-state index contributed by atoms with van der Waals surface area (Å²) in [4.78, 5) is 0. The van der Waals surface area contributed by atoms with Gasteiger partial charge in [0.15, 0.2) is 11.5 Å². The molecule has 6 heteroatoms. The van der Waals surface area contributed by atoms with Crippen molar-refractivity contribution in [2.24, 2.45) is 0 Å². The highest BCUT2D eigenvalue weighted by molar-refractivity contribution is 5.61. The zero-order valence-electron chi connectivity index (χ0n) is 12.7. The Bertz CT molecular complexity index is 800. The Balaban J connectivity index is 2.01. The first-order valence-corrected chi connectivity index (χ1v) is 6.93. The molecule has 0 saturated heterocycles. The van der Waals surface area contributed by atoms with Crippen molar-refractivity contribution in [3.8, 4) is 39.9 Å². The molecule has 1 heterocycles. The van der Waals surface area contributed by atoms with Crippen molar-refractivity contribution in [3.05, 3.63) is 48.7 Å². The fraction of sp³-hybridized carbons (Fsp3) is 0.118. The van der Waals surface area contributed by atoms with E-state index in [9.17, 15) is 10.2 Å². The molecule has 0 unspecified atom stereocenters. The van der Waals surface area contributed by atoms with Gasteiger partial charge in [-0.05, 0) is 30.3 Å². The van der Waals surface area contributed by atoms with E-state index in [4.69, 9.17) is 9.47 Å². The average molecular weight is 312 g/mol. The van der Waals surface area contributed by atoms with Gasteiger partial charge in [-0.25, -0.2) is 4.68 Å². The smallest absolute Gasteiger partial charge is 0.200 e. The summed E-state index contributed by atoms with van der Waals surface area (Å²) in [6.07, 6.45) is 1.80. The predicted octanol–water partition coefficient (Wildman–Crippen LogP) is 2.97. The zero-order chi connectivity index (χ0) is 16.4. The summed E-state index contributed by atoms with van der Waals surface area (Å²) < 4.78 is 12.0.